The lowest BCUT2D eigenvalue weighted by atomic mass is 10.2. The summed E-state index contributed by atoms with van der Waals surface area (Å²) in [5.74, 6) is -2.05. The number of carbonyl (C=O) groups is 1. The van der Waals surface area contributed by atoms with Gasteiger partial charge in [-0.15, -0.1) is 0 Å². The van der Waals surface area contributed by atoms with Gasteiger partial charge in [0.1, 0.15) is 11.6 Å². The van der Waals surface area contributed by atoms with Crippen LogP contribution in [0.3, 0.4) is 0 Å². The van der Waals surface area contributed by atoms with Gasteiger partial charge in [-0.1, -0.05) is 11.6 Å². The van der Waals surface area contributed by atoms with Crippen molar-refractivity contribution in [3.05, 3.63) is 82.6 Å². The van der Waals surface area contributed by atoms with Gasteiger partial charge in [-0.2, -0.15) is 18.3 Å². The van der Waals surface area contributed by atoms with Crippen molar-refractivity contribution in [2.24, 2.45) is 0 Å². The van der Waals surface area contributed by atoms with Crippen LogP contribution >= 0.6 is 11.6 Å². The highest BCUT2D eigenvalue weighted by Gasteiger charge is 2.41. The third kappa shape index (κ3) is 5.68. The fourth-order valence-corrected chi connectivity index (χ4v) is 3.72. The molecule has 0 aliphatic heterocycles. The zero-order valence-electron chi connectivity index (χ0n) is 19.9. The van der Waals surface area contributed by atoms with E-state index in [0.717, 1.165) is 12.3 Å². The van der Waals surface area contributed by atoms with E-state index in [1.54, 1.807) is 0 Å². The molecule has 0 atom stereocenters. The SMILES string of the molecule is CN(C)Cc1c(Oc2ccc(NC(=O)c3cnn(-c4ncccc4Cl)c3C(F)(F)F)cc2F)ccnc1N. The molecule has 3 N–H and O–H groups in total. The van der Waals surface area contributed by atoms with Gasteiger partial charge in [0.2, 0.25) is 0 Å². The number of carbonyl (C=O) groups excluding carboxylic acids is 1. The summed E-state index contributed by atoms with van der Waals surface area (Å²) < 4.78 is 62.7. The number of hydrogen-bond donors (Lipinski definition) is 2. The number of nitrogens with one attached hydrogen (secondary N) is 1. The fraction of sp³-hybridized carbons (Fsp3) is 0.167. The maximum absolute atomic E-state index is 14.9. The highest BCUT2D eigenvalue weighted by molar-refractivity contribution is 6.32. The molecule has 0 spiro atoms. The standard InChI is InChI=1S/C24H20ClF4N7O2/c1-35(2)12-15-18(7-9-31-21(15)30)38-19-6-5-13(10-17(19)26)34-23(37)14-11-33-36(20(14)24(27,28)29)22-16(25)4-3-8-32-22/h3-11H,12H2,1-2H3,(H2,30,31)(H,34,37). The van der Waals surface area contributed by atoms with Crippen LogP contribution in [0, 0.1) is 5.82 Å². The molecule has 1 amide bonds. The number of nitrogens with zero attached hydrogens (tertiary/aromatic N) is 5. The first-order chi connectivity index (χ1) is 18.0. The Morgan fingerprint density at radius 2 is 1.92 bits per heavy atom. The summed E-state index contributed by atoms with van der Waals surface area (Å²) in [5, 5.41) is 5.82. The molecule has 4 rings (SSSR count). The molecule has 0 unspecified atom stereocenters. The van der Waals surface area contributed by atoms with Gasteiger partial charge in [0.15, 0.2) is 23.1 Å². The van der Waals surface area contributed by atoms with Crippen molar-refractivity contribution >= 4 is 29.0 Å². The lowest BCUT2D eigenvalue weighted by Crippen LogP contribution is -2.21. The van der Waals surface area contributed by atoms with Gasteiger partial charge in [-0.3, -0.25) is 4.79 Å². The number of anilines is 2. The number of nitrogen functional groups attached to an aromatic ring is 1. The van der Waals surface area contributed by atoms with Gasteiger partial charge in [0.05, 0.1) is 22.3 Å². The molecule has 9 nitrogen and oxygen atoms in total. The van der Waals surface area contributed by atoms with E-state index in [-0.39, 0.29) is 33.8 Å². The number of halogens is 5. The second kappa shape index (κ2) is 10.6. The molecule has 0 fully saturated rings. The summed E-state index contributed by atoms with van der Waals surface area (Å²) in [6, 6.07) is 7.71. The average Bonchev–Trinajstić information content (AvgIpc) is 3.29. The van der Waals surface area contributed by atoms with E-state index >= 15 is 0 Å². The summed E-state index contributed by atoms with van der Waals surface area (Å²) >= 11 is 5.98. The Kier molecular flexibility index (Phi) is 7.51. The Bertz CT molecular complexity index is 1490. The van der Waals surface area contributed by atoms with Crippen LogP contribution in [0.25, 0.3) is 5.82 Å². The van der Waals surface area contributed by atoms with Gasteiger partial charge in [-0.25, -0.2) is 19.0 Å². The average molecular weight is 550 g/mol. The molecule has 0 saturated carbocycles. The molecule has 0 aliphatic rings. The largest absolute Gasteiger partial charge is 0.454 e. The summed E-state index contributed by atoms with van der Waals surface area (Å²) in [4.78, 5) is 22.4. The van der Waals surface area contributed by atoms with Crippen molar-refractivity contribution in [1.29, 1.82) is 0 Å². The molecule has 3 heterocycles. The van der Waals surface area contributed by atoms with Crippen LogP contribution in [0.2, 0.25) is 5.02 Å². The fourth-order valence-electron chi connectivity index (χ4n) is 3.52. The first kappa shape index (κ1) is 26.8. The van der Waals surface area contributed by atoms with E-state index in [1.165, 1.54) is 42.7 Å². The van der Waals surface area contributed by atoms with Crippen LogP contribution in [0.15, 0.2) is 55.0 Å². The van der Waals surface area contributed by atoms with Crippen LogP contribution < -0.4 is 15.8 Å². The minimum Gasteiger partial charge on any atom is -0.454 e. The predicted octanol–water partition coefficient (Wildman–Crippen LogP) is 5.16. The molecule has 4 aromatic rings. The number of hydrogen-bond acceptors (Lipinski definition) is 7. The molecule has 1 aromatic carbocycles. The van der Waals surface area contributed by atoms with Crippen molar-refractivity contribution in [3.8, 4) is 17.3 Å². The zero-order valence-corrected chi connectivity index (χ0v) is 20.7. The lowest BCUT2D eigenvalue weighted by molar-refractivity contribution is -0.143. The van der Waals surface area contributed by atoms with E-state index < -0.39 is 29.2 Å². The Labute approximate surface area is 218 Å². The minimum atomic E-state index is -4.98. The minimum absolute atomic E-state index is 0.101. The monoisotopic (exact) mass is 549 g/mol. The second-order valence-electron chi connectivity index (χ2n) is 8.24. The van der Waals surface area contributed by atoms with Crippen LogP contribution in [0.1, 0.15) is 21.6 Å². The van der Waals surface area contributed by atoms with E-state index in [1.807, 2.05) is 19.0 Å². The molecule has 38 heavy (non-hydrogen) atoms. The highest BCUT2D eigenvalue weighted by atomic mass is 35.5. The molecular formula is C24H20ClF4N7O2. The number of benzene rings is 1. The number of pyridine rings is 2. The smallest absolute Gasteiger partial charge is 0.434 e. The second-order valence-corrected chi connectivity index (χ2v) is 8.64. The van der Waals surface area contributed by atoms with Crippen molar-refractivity contribution in [2.45, 2.75) is 12.7 Å². The van der Waals surface area contributed by atoms with Crippen LogP contribution in [-0.2, 0) is 12.7 Å². The number of rotatable bonds is 7. The third-order valence-corrected chi connectivity index (χ3v) is 5.45. The van der Waals surface area contributed by atoms with E-state index in [4.69, 9.17) is 22.1 Å². The van der Waals surface area contributed by atoms with Crippen molar-refractivity contribution < 1.29 is 27.1 Å². The molecule has 0 radical (unpaired) electrons. The Morgan fingerprint density at radius 3 is 2.58 bits per heavy atom. The van der Waals surface area contributed by atoms with Gasteiger partial charge in [0.25, 0.3) is 5.91 Å². The molecule has 14 heteroatoms. The van der Waals surface area contributed by atoms with Gasteiger partial charge >= 0.3 is 6.18 Å². The van der Waals surface area contributed by atoms with Gasteiger partial charge in [-0.05, 0) is 44.4 Å². The topological polar surface area (TPSA) is 111 Å². The van der Waals surface area contributed by atoms with Crippen LogP contribution in [0.5, 0.6) is 11.5 Å². The molecule has 198 valence electrons. The van der Waals surface area contributed by atoms with Crippen LogP contribution in [-0.4, -0.2) is 44.7 Å². The van der Waals surface area contributed by atoms with Crippen molar-refractivity contribution in [2.75, 3.05) is 25.1 Å². The van der Waals surface area contributed by atoms with E-state index in [0.29, 0.717) is 16.8 Å². The number of amides is 1. The molecule has 0 bridgehead atoms. The Morgan fingerprint density at radius 1 is 1.16 bits per heavy atom. The highest BCUT2D eigenvalue weighted by Crippen LogP contribution is 2.35. The number of aromatic nitrogens is 4. The van der Waals surface area contributed by atoms with Gasteiger partial charge < -0.3 is 20.7 Å². The normalized spacial score (nSPS) is 11.6. The summed E-state index contributed by atoms with van der Waals surface area (Å²) in [6.07, 6.45) is -1.60. The van der Waals surface area contributed by atoms with Crippen LogP contribution in [0.4, 0.5) is 29.1 Å². The molecule has 3 aromatic heterocycles. The van der Waals surface area contributed by atoms with Crippen molar-refractivity contribution in [1.82, 2.24) is 24.6 Å². The quantitative estimate of drug-likeness (QED) is 0.306. The maximum atomic E-state index is 14.9. The number of ether oxygens (including phenoxy) is 1. The lowest BCUT2D eigenvalue weighted by Gasteiger charge is -2.16. The van der Waals surface area contributed by atoms with E-state index in [9.17, 15) is 22.4 Å². The third-order valence-electron chi connectivity index (χ3n) is 5.15. The van der Waals surface area contributed by atoms with Crippen molar-refractivity contribution in [3.63, 3.8) is 0 Å². The van der Waals surface area contributed by atoms with E-state index in [2.05, 4.69) is 20.4 Å². The first-order valence-electron chi connectivity index (χ1n) is 10.9. The summed E-state index contributed by atoms with van der Waals surface area (Å²) in [6.45, 7) is 0.379. The first-order valence-corrected chi connectivity index (χ1v) is 11.3. The predicted molar refractivity (Wildman–Crippen MR) is 132 cm³/mol. The number of alkyl halides is 3. The Hall–Kier alpha value is -4.23. The zero-order chi connectivity index (χ0) is 27.6. The summed E-state index contributed by atoms with van der Waals surface area (Å²) in [5.41, 5.74) is 4.16. The number of nitrogens with two attached hydrogens (primary N) is 1. The molecule has 0 aliphatic carbocycles. The molecule has 0 saturated heterocycles. The molecular weight excluding hydrogens is 530 g/mol. The Balaban J connectivity index is 1.60. The van der Waals surface area contributed by atoms with Gasteiger partial charge in [0, 0.05) is 30.7 Å². The maximum Gasteiger partial charge on any atom is 0.434 e. The summed E-state index contributed by atoms with van der Waals surface area (Å²) in [7, 11) is 3.63.